The van der Waals surface area contributed by atoms with Crippen molar-refractivity contribution >= 4 is 5.91 Å². The van der Waals surface area contributed by atoms with Crippen LogP contribution < -0.4 is 5.32 Å². The molecule has 1 aliphatic rings. The van der Waals surface area contributed by atoms with E-state index < -0.39 is 23.0 Å². The summed E-state index contributed by atoms with van der Waals surface area (Å²) in [6.07, 6.45) is 2.02. The number of nitrogens with one attached hydrogen (secondary N) is 1. The van der Waals surface area contributed by atoms with Crippen molar-refractivity contribution in [3.05, 3.63) is 35.1 Å². The van der Waals surface area contributed by atoms with Crippen molar-refractivity contribution in [2.24, 2.45) is 0 Å². The summed E-state index contributed by atoms with van der Waals surface area (Å²) in [6.45, 7) is 1.90. The largest absolute Gasteiger partial charge is 0.350 e. The highest BCUT2D eigenvalue weighted by Crippen LogP contribution is 2.28. The van der Waals surface area contributed by atoms with E-state index in [0.717, 1.165) is 12.1 Å². The van der Waals surface area contributed by atoms with E-state index in [2.05, 4.69) is 5.32 Å². The zero-order chi connectivity index (χ0) is 13.3. The van der Waals surface area contributed by atoms with Crippen molar-refractivity contribution in [1.29, 1.82) is 0 Å². The Balaban J connectivity index is 2.25. The first kappa shape index (κ1) is 12.9. The Kier molecular flexibility index (Phi) is 3.32. The number of amides is 1. The first-order chi connectivity index (χ1) is 8.46. The zero-order valence-electron chi connectivity index (χ0n) is 10.0. The van der Waals surface area contributed by atoms with Crippen molar-refractivity contribution in [1.82, 2.24) is 5.32 Å². The predicted octanol–water partition coefficient (Wildman–Crippen LogP) is 2.71. The Morgan fingerprint density at radius 1 is 1.28 bits per heavy atom. The molecule has 1 aromatic carbocycles. The van der Waals surface area contributed by atoms with Gasteiger partial charge in [0.25, 0.3) is 0 Å². The molecule has 2 nitrogen and oxygen atoms in total. The number of carbonyl (C=O) groups is 1. The van der Waals surface area contributed by atoms with Gasteiger partial charge in [-0.1, -0.05) is 6.92 Å². The lowest BCUT2D eigenvalue weighted by molar-refractivity contribution is -0.119. The number of halogens is 3. The second-order valence-electron chi connectivity index (χ2n) is 4.73. The van der Waals surface area contributed by atoms with Gasteiger partial charge in [-0.2, -0.15) is 0 Å². The molecule has 0 aliphatic carbocycles. The molecule has 0 aromatic heterocycles. The van der Waals surface area contributed by atoms with Gasteiger partial charge in [0.15, 0.2) is 17.5 Å². The van der Waals surface area contributed by atoms with Gasteiger partial charge in [-0.3, -0.25) is 4.79 Å². The van der Waals surface area contributed by atoms with E-state index in [1.807, 2.05) is 6.92 Å². The average molecular weight is 257 g/mol. The summed E-state index contributed by atoms with van der Waals surface area (Å²) in [5.74, 6) is -3.90. The fourth-order valence-electron chi connectivity index (χ4n) is 2.40. The van der Waals surface area contributed by atoms with Crippen LogP contribution in [0.15, 0.2) is 12.1 Å². The molecular weight excluding hydrogens is 243 g/mol. The quantitative estimate of drug-likeness (QED) is 0.829. The third-order valence-electron chi connectivity index (χ3n) is 3.50. The average Bonchev–Trinajstić information content (AvgIpc) is 2.68. The van der Waals surface area contributed by atoms with E-state index in [4.69, 9.17) is 0 Å². The molecule has 1 aromatic rings. The Hall–Kier alpha value is -1.52. The number of rotatable bonds is 3. The van der Waals surface area contributed by atoms with Crippen molar-refractivity contribution in [2.75, 3.05) is 0 Å². The molecular formula is C13H14F3NO. The zero-order valence-corrected chi connectivity index (χ0v) is 10.0. The molecule has 1 saturated heterocycles. The Labute approximate surface area is 103 Å². The molecule has 0 bridgehead atoms. The Morgan fingerprint density at radius 2 is 1.89 bits per heavy atom. The van der Waals surface area contributed by atoms with Crippen LogP contribution in [0.25, 0.3) is 0 Å². The monoisotopic (exact) mass is 257 g/mol. The van der Waals surface area contributed by atoms with Crippen LogP contribution in [0.2, 0.25) is 0 Å². The van der Waals surface area contributed by atoms with Crippen LogP contribution in [0.1, 0.15) is 31.7 Å². The maximum atomic E-state index is 13.1. The fourth-order valence-corrected chi connectivity index (χ4v) is 2.40. The smallest absolute Gasteiger partial charge is 0.220 e. The normalized spacial score (nSPS) is 23.2. The molecule has 0 radical (unpaired) electrons. The minimum absolute atomic E-state index is 0.0556. The second kappa shape index (κ2) is 4.63. The third kappa shape index (κ3) is 2.35. The summed E-state index contributed by atoms with van der Waals surface area (Å²) in [6, 6.07) is 1.97. The first-order valence-electron chi connectivity index (χ1n) is 5.90. The van der Waals surface area contributed by atoms with Gasteiger partial charge in [-0.05, 0) is 37.0 Å². The molecule has 1 N–H and O–H groups in total. The van der Waals surface area contributed by atoms with Gasteiger partial charge in [-0.25, -0.2) is 13.2 Å². The predicted molar refractivity (Wildman–Crippen MR) is 60.4 cm³/mol. The maximum Gasteiger partial charge on any atom is 0.220 e. The number of hydrogen-bond donors (Lipinski definition) is 1. The Morgan fingerprint density at radius 3 is 2.33 bits per heavy atom. The summed E-state index contributed by atoms with van der Waals surface area (Å²) in [5, 5.41) is 2.84. The molecule has 1 heterocycles. The van der Waals surface area contributed by atoms with Crippen LogP contribution in [-0.4, -0.2) is 11.4 Å². The third-order valence-corrected chi connectivity index (χ3v) is 3.50. The summed E-state index contributed by atoms with van der Waals surface area (Å²) < 4.78 is 39.1. The van der Waals surface area contributed by atoms with Crippen molar-refractivity contribution in [3.63, 3.8) is 0 Å². The van der Waals surface area contributed by atoms with E-state index in [9.17, 15) is 18.0 Å². The minimum atomic E-state index is -1.46. The van der Waals surface area contributed by atoms with E-state index in [1.165, 1.54) is 0 Å². The lowest BCUT2D eigenvalue weighted by Crippen LogP contribution is -2.43. The van der Waals surface area contributed by atoms with Crippen LogP contribution in [0.5, 0.6) is 0 Å². The summed E-state index contributed by atoms with van der Waals surface area (Å²) >= 11 is 0. The van der Waals surface area contributed by atoms with Gasteiger partial charge < -0.3 is 5.32 Å². The molecule has 1 amide bonds. The standard InChI is InChI=1S/C13H14F3NO/c1-2-13(4-3-11(18)17-13)7-8-5-9(14)12(16)10(15)6-8/h5-6H,2-4,7H2,1H3,(H,17,18). The van der Waals surface area contributed by atoms with Crippen LogP contribution in [0.4, 0.5) is 13.2 Å². The number of carbonyl (C=O) groups excluding carboxylic acids is 1. The lowest BCUT2D eigenvalue weighted by atomic mass is 9.87. The van der Waals surface area contributed by atoms with Crippen LogP contribution in [0.3, 0.4) is 0 Å². The topological polar surface area (TPSA) is 29.1 Å². The Bertz CT molecular complexity index is 466. The molecule has 0 saturated carbocycles. The number of hydrogen-bond acceptors (Lipinski definition) is 1. The highest BCUT2D eigenvalue weighted by Gasteiger charge is 2.36. The molecule has 1 unspecified atom stereocenters. The molecule has 1 fully saturated rings. The van der Waals surface area contributed by atoms with Crippen molar-refractivity contribution < 1.29 is 18.0 Å². The molecule has 2 rings (SSSR count). The van der Waals surface area contributed by atoms with Crippen molar-refractivity contribution in [3.8, 4) is 0 Å². The van der Waals surface area contributed by atoms with E-state index >= 15 is 0 Å². The lowest BCUT2D eigenvalue weighted by Gasteiger charge is -2.27. The summed E-state index contributed by atoms with van der Waals surface area (Å²) in [7, 11) is 0. The van der Waals surface area contributed by atoms with Gasteiger partial charge >= 0.3 is 0 Å². The van der Waals surface area contributed by atoms with Gasteiger partial charge in [-0.15, -0.1) is 0 Å². The minimum Gasteiger partial charge on any atom is -0.350 e. The second-order valence-corrected chi connectivity index (χ2v) is 4.73. The first-order valence-corrected chi connectivity index (χ1v) is 5.90. The van der Waals surface area contributed by atoms with E-state index in [1.54, 1.807) is 0 Å². The fraction of sp³-hybridized carbons (Fsp3) is 0.462. The molecule has 5 heteroatoms. The van der Waals surface area contributed by atoms with E-state index in [-0.39, 0.29) is 5.91 Å². The van der Waals surface area contributed by atoms with Crippen LogP contribution >= 0.6 is 0 Å². The van der Waals surface area contributed by atoms with Crippen LogP contribution in [-0.2, 0) is 11.2 Å². The van der Waals surface area contributed by atoms with Gasteiger partial charge in [0.1, 0.15) is 0 Å². The summed E-state index contributed by atoms with van der Waals surface area (Å²) in [4.78, 5) is 11.3. The molecule has 1 atom stereocenters. The molecule has 98 valence electrons. The highest BCUT2D eigenvalue weighted by molar-refractivity contribution is 5.79. The van der Waals surface area contributed by atoms with Crippen LogP contribution in [0, 0.1) is 17.5 Å². The maximum absolute atomic E-state index is 13.1. The molecule has 1 aliphatic heterocycles. The SMILES string of the molecule is CCC1(Cc2cc(F)c(F)c(F)c2)CCC(=O)N1. The van der Waals surface area contributed by atoms with Gasteiger partial charge in [0.2, 0.25) is 5.91 Å². The van der Waals surface area contributed by atoms with E-state index in [0.29, 0.717) is 31.2 Å². The molecule has 18 heavy (non-hydrogen) atoms. The highest BCUT2D eigenvalue weighted by atomic mass is 19.2. The number of benzene rings is 1. The summed E-state index contributed by atoms with van der Waals surface area (Å²) in [5.41, 5.74) is -0.108. The molecule has 0 spiro atoms. The van der Waals surface area contributed by atoms with Gasteiger partial charge in [0, 0.05) is 12.0 Å². The van der Waals surface area contributed by atoms with Gasteiger partial charge in [0.05, 0.1) is 0 Å². The van der Waals surface area contributed by atoms with Crippen molar-refractivity contribution in [2.45, 2.75) is 38.1 Å².